The molecule has 20 atom stereocenters. The standard InChI is InChI=1S/C100H104N4O40/c1-45(105)121-41-77-85(125-49(5)109)89(129-53(9)113)93(133-57(13)117)97(141-77)137-65-25-17-61(18-26-65)81-69-33-35-71(101-69)82(62-19-27-66(28-20-62)138-98-94(134-58(14)118)90(130-54(10)114)86(126-50(6)110)78(142-98)42-122-46(2)106)73-37-39-75(103-73)84(64-23-31-68(32-24-64)140-100-96(136-60(16)120)92(132-56(12)116)88(128-52(8)112)80(144-100)44-124-48(4)108)76-40-38-74(104-76)83(72-36-34-70(81)102-72)63-21-29-67(30-22-63)139-99-95(135-59(15)119)91(131-55(11)115)87(127-51(7)111)79(143-99)43-123-47(3)107/h17-37,39,77-80,85-102H,38,40-44H2,1-16H3/t77-,78-,79+,80+,85-,86-,87+,88+,89+,90+,91-,92-,93-,94-,95+,96+,97-,98-,99+,100+/m0/s1. The number of ether oxygens (including phenoxy) is 24. The highest BCUT2D eigenvalue weighted by atomic mass is 16.8. The van der Waals surface area contributed by atoms with Crippen molar-refractivity contribution < 1.29 is 190 Å². The smallest absolute Gasteiger partial charge is 0.303 e. The average Bonchev–Trinajstić information content (AvgIpc) is 1.64. The molecule has 13 rings (SSSR count). The van der Waals surface area contributed by atoms with E-state index in [1.165, 1.54) is 0 Å². The Morgan fingerprint density at radius 1 is 0.236 bits per heavy atom. The highest BCUT2D eigenvalue weighted by Gasteiger charge is 2.58. The van der Waals surface area contributed by atoms with E-state index in [1.54, 1.807) is 121 Å². The second kappa shape index (κ2) is 46.8. The number of benzene rings is 4. The van der Waals surface area contributed by atoms with Gasteiger partial charge in [-0.15, -0.1) is 0 Å². The molecule has 0 spiro atoms. The number of fused-ring (bicyclic) bond motifs is 8. The number of nitrogens with zero attached hydrogens (tertiary/aromatic N) is 2. The lowest BCUT2D eigenvalue weighted by molar-refractivity contribution is -0.288. The minimum atomic E-state index is -1.66. The monoisotopic (exact) mass is 2000 g/mol. The summed E-state index contributed by atoms with van der Waals surface area (Å²) in [4.78, 5) is 222. The van der Waals surface area contributed by atoms with Crippen LogP contribution in [0.4, 0.5) is 0 Å². The largest absolute Gasteiger partial charge is 0.463 e. The second-order valence-corrected chi connectivity index (χ2v) is 33.6. The maximum absolute atomic E-state index is 13.0. The van der Waals surface area contributed by atoms with Crippen molar-refractivity contribution in [2.24, 2.45) is 0 Å². The molecule has 0 radical (unpaired) electrons. The highest BCUT2D eigenvalue weighted by molar-refractivity contribution is 5.99. The molecule has 4 fully saturated rings. The van der Waals surface area contributed by atoms with Gasteiger partial charge in [0.05, 0.1) is 22.8 Å². The van der Waals surface area contributed by atoms with Crippen LogP contribution in [0.1, 0.15) is 134 Å². The Hall–Kier alpha value is -15.7. The highest BCUT2D eigenvalue weighted by Crippen LogP contribution is 2.44. The number of carbonyl (C=O) groups excluding carboxylic acids is 16. The number of H-pyrrole nitrogens is 2. The van der Waals surface area contributed by atoms with Crippen molar-refractivity contribution in [1.82, 2.24) is 19.9 Å². The van der Waals surface area contributed by atoms with E-state index in [2.05, 4.69) is 9.97 Å². The Morgan fingerprint density at radius 2 is 0.438 bits per heavy atom. The van der Waals surface area contributed by atoms with E-state index in [1.807, 2.05) is 12.1 Å². The first-order valence-electron chi connectivity index (χ1n) is 45.2. The van der Waals surface area contributed by atoms with E-state index in [-0.39, 0.29) is 35.8 Å². The topological polar surface area (TPSA) is 552 Å². The molecule has 0 amide bonds. The minimum Gasteiger partial charge on any atom is -0.463 e. The van der Waals surface area contributed by atoms with Crippen LogP contribution in [0.5, 0.6) is 23.0 Å². The number of aryl methyl sites for hydroxylation is 2. The number of hydrogen-bond acceptors (Lipinski definition) is 42. The van der Waals surface area contributed by atoms with Crippen LogP contribution in [-0.4, -0.2) is 265 Å². The predicted molar refractivity (Wildman–Crippen MR) is 489 cm³/mol. The van der Waals surface area contributed by atoms with Gasteiger partial charge in [0.25, 0.3) is 0 Å². The zero-order valence-corrected chi connectivity index (χ0v) is 80.7. The number of rotatable bonds is 32. The van der Waals surface area contributed by atoms with Crippen molar-refractivity contribution in [1.29, 1.82) is 0 Å². The zero-order valence-electron chi connectivity index (χ0n) is 80.7. The fraction of sp³-hybridized carbons (Fsp3) is 0.420. The third-order valence-electron chi connectivity index (χ3n) is 22.4. The van der Waals surface area contributed by atoms with E-state index < -0.39 is 245 Å². The Balaban J connectivity index is 1.02. The van der Waals surface area contributed by atoms with Gasteiger partial charge in [0.1, 0.15) is 73.8 Å². The van der Waals surface area contributed by atoms with Gasteiger partial charge >= 0.3 is 95.5 Å². The van der Waals surface area contributed by atoms with Crippen LogP contribution >= 0.6 is 0 Å². The quantitative estimate of drug-likeness (QED) is 0.0293. The molecule has 6 aliphatic heterocycles. The first-order valence-corrected chi connectivity index (χ1v) is 45.2. The van der Waals surface area contributed by atoms with Crippen molar-refractivity contribution >= 4 is 130 Å². The van der Waals surface area contributed by atoms with Crippen molar-refractivity contribution in [3.63, 3.8) is 0 Å². The van der Waals surface area contributed by atoms with Crippen molar-refractivity contribution in [3.05, 3.63) is 144 Å². The molecule has 8 bridgehead atoms. The van der Waals surface area contributed by atoms with Crippen LogP contribution < -0.4 is 18.9 Å². The second-order valence-electron chi connectivity index (χ2n) is 33.6. The fourth-order valence-electron chi connectivity index (χ4n) is 17.2. The molecule has 764 valence electrons. The van der Waals surface area contributed by atoms with E-state index in [4.69, 9.17) is 124 Å². The molecule has 144 heavy (non-hydrogen) atoms. The van der Waals surface area contributed by atoms with Crippen molar-refractivity contribution in [3.8, 4) is 67.5 Å². The zero-order chi connectivity index (χ0) is 104. The van der Waals surface area contributed by atoms with Crippen molar-refractivity contribution in [2.75, 3.05) is 26.4 Å². The van der Waals surface area contributed by atoms with E-state index >= 15 is 0 Å². The van der Waals surface area contributed by atoms with Crippen LogP contribution in [0.2, 0.25) is 0 Å². The molecule has 9 heterocycles. The summed E-state index contributed by atoms with van der Waals surface area (Å²) in [7, 11) is 0. The van der Waals surface area contributed by atoms with Gasteiger partial charge in [0.2, 0.25) is 49.6 Å². The average molecular weight is 2000 g/mol. The van der Waals surface area contributed by atoms with Gasteiger partial charge < -0.3 is 124 Å². The molecule has 3 aromatic heterocycles. The summed E-state index contributed by atoms with van der Waals surface area (Å²) in [5.41, 5.74) is 7.16. The predicted octanol–water partition coefficient (Wildman–Crippen LogP) is 8.79. The lowest BCUT2D eigenvalue weighted by atomic mass is 9.98. The number of nitrogens with one attached hydrogen (secondary N) is 2. The molecule has 4 saturated heterocycles. The number of carbonyl (C=O) groups is 16. The maximum Gasteiger partial charge on any atom is 0.303 e. The van der Waals surface area contributed by atoms with Gasteiger partial charge in [-0.3, -0.25) is 81.7 Å². The Morgan fingerprint density at radius 3 is 0.688 bits per heavy atom. The van der Waals surface area contributed by atoms with E-state index in [0.29, 0.717) is 89.4 Å². The van der Waals surface area contributed by atoms with Gasteiger partial charge in [-0.05, 0) is 120 Å². The van der Waals surface area contributed by atoms with Gasteiger partial charge in [-0.1, -0.05) is 48.5 Å². The minimum absolute atomic E-state index is 0.0590. The van der Waals surface area contributed by atoms with Gasteiger partial charge in [0, 0.05) is 155 Å². The summed E-state index contributed by atoms with van der Waals surface area (Å²) in [5.74, 6) is -13.2. The number of aromatic nitrogens is 4. The van der Waals surface area contributed by atoms with Crippen LogP contribution in [0, 0.1) is 0 Å². The molecular formula is C100H104N4O40. The molecule has 44 nitrogen and oxygen atoms in total. The molecule has 4 aromatic carbocycles. The van der Waals surface area contributed by atoms with Crippen LogP contribution in [0.15, 0.2) is 121 Å². The molecule has 2 N–H and O–H groups in total. The summed E-state index contributed by atoms with van der Waals surface area (Å²) in [6.07, 6.45) is -27.1. The molecule has 6 aliphatic rings. The lowest BCUT2D eigenvalue weighted by Gasteiger charge is -2.43. The fourth-order valence-corrected chi connectivity index (χ4v) is 17.2. The van der Waals surface area contributed by atoms with Crippen LogP contribution in [0.25, 0.3) is 78.7 Å². The van der Waals surface area contributed by atoms with Gasteiger partial charge in [0.15, 0.2) is 48.8 Å². The molecule has 44 heteroatoms. The summed E-state index contributed by atoms with van der Waals surface area (Å²) in [6.45, 7) is 15.2. The van der Waals surface area contributed by atoms with Gasteiger partial charge in [-0.25, -0.2) is 4.98 Å². The maximum atomic E-state index is 13.0. The summed E-state index contributed by atoms with van der Waals surface area (Å²) < 4.78 is 141. The summed E-state index contributed by atoms with van der Waals surface area (Å²) >= 11 is 0. The first kappa shape index (κ1) is 106. The Bertz CT molecular complexity index is 6250. The summed E-state index contributed by atoms with van der Waals surface area (Å²) in [5, 5.41) is 0. The van der Waals surface area contributed by atoms with Crippen LogP contribution in [0.3, 0.4) is 0 Å². The van der Waals surface area contributed by atoms with E-state index in [9.17, 15) is 76.7 Å². The first-order chi connectivity index (χ1) is 68.5. The lowest BCUT2D eigenvalue weighted by Crippen LogP contribution is -2.63. The third-order valence-corrected chi connectivity index (χ3v) is 22.4. The number of aromatic amines is 2. The van der Waals surface area contributed by atoms with E-state index in [0.717, 1.165) is 111 Å². The molecule has 0 unspecified atom stereocenters. The molecule has 0 aliphatic carbocycles. The normalized spacial score (nSPS) is 24.1. The number of hydrogen-bond donors (Lipinski definition) is 2. The number of esters is 16. The third kappa shape index (κ3) is 26.7. The van der Waals surface area contributed by atoms with Gasteiger partial charge in [-0.2, -0.15) is 0 Å². The molecular weight excluding hydrogens is 1900 g/mol. The SMILES string of the molecule is CC(=O)OC[C@@H]1O[C@H](Oc2ccc(-c3c4nc(c(-c5ccc(O[C@@H]6O[C@H](COC(C)=O)[C@@H](OC(C)=O)[C@H](OC(C)=O)[C@H]6OC(C)=O)cc5)c5nc(c(-c6ccc(O[C@@H]7O[C@H](COC(C)=O)[C@@H](OC(C)=O)[C@H](OC(C)=O)[C@H]7OC(C)=O)cc6)c6ccc([nH]6)c(-c6ccc(O[C@H]7O[C@@H](COC(C)=O)[C@H](OC(C)=O)[C@@H](OC(C)=O)[C@@H]7OC(C)=O)cc6)c6ccc3[nH]6)CC5)C=C4)cc2)[C@@H](OC(C)=O)[C@H](OC(C)=O)[C@H]1OC(C)=O. The van der Waals surface area contributed by atoms with Crippen molar-refractivity contribution in [2.45, 2.75) is 246 Å². The molecule has 7 aromatic rings. The van der Waals surface area contributed by atoms with Crippen LogP contribution in [-0.2, 0) is 184 Å². The molecule has 0 saturated carbocycles. The Kier molecular flexibility index (Phi) is 34.3. The Labute approximate surface area is 820 Å². The summed E-state index contributed by atoms with van der Waals surface area (Å²) in [6, 6.07) is 33.2.